The first kappa shape index (κ1) is 24.0. The van der Waals surface area contributed by atoms with Crippen LogP contribution in [0.25, 0.3) is 0 Å². The monoisotopic (exact) mass is 412 g/mol. The molecule has 0 aliphatic rings. The van der Waals surface area contributed by atoms with Crippen LogP contribution in [0.2, 0.25) is 0 Å². The summed E-state index contributed by atoms with van der Waals surface area (Å²) in [6.07, 6.45) is 0.805. The summed E-state index contributed by atoms with van der Waals surface area (Å²) in [5.74, 6) is -1.17. The first-order chi connectivity index (χ1) is 13.2. The van der Waals surface area contributed by atoms with E-state index in [4.69, 9.17) is 14.8 Å². The van der Waals surface area contributed by atoms with Crippen molar-refractivity contribution in [1.29, 1.82) is 0 Å². The van der Waals surface area contributed by atoms with Crippen molar-refractivity contribution in [2.75, 3.05) is 13.2 Å². The van der Waals surface area contributed by atoms with Crippen LogP contribution < -0.4 is 11.1 Å². The molecule has 28 heavy (non-hydrogen) atoms. The average Bonchev–Trinajstić information content (AvgIpc) is 2.65. The van der Waals surface area contributed by atoms with E-state index in [1.54, 1.807) is 45.0 Å². The number of ketones is 1. The standard InChI is InChI=1S/C19H29N2O6P/c1-4-16(22)11-12-17(18(20)23)21-19(24)15-9-7-14(8-10-15)13-28(25,26-5-2)27-6-3/h7-10,17H,4-6,11-13H2,1-3H3,(H2,20,23)(H,21,24)/t17-/m1/s1. The summed E-state index contributed by atoms with van der Waals surface area (Å²) in [5.41, 5.74) is 6.33. The molecule has 1 aromatic rings. The van der Waals surface area contributed by atoms with E-state index in [0.29, 0.717) is 17.5 Å². The topological polar surface area (TPSA) is 125 Å². The van der Waals surface area contributed by atoms with E-state index in [1.807, 2.05) is 0 Å². The van der Waals surface area contributed by atoms with E-state index in [0.717, 1.165) is 0 Å². The molecule has 0 unspecified atom stereocenters. The van der Waals surface area contributed by atoms with E-state index in [1.165, 1.54) is 0 Å². The van der Waals surface area contributed by atoms with Crippen LogP contribution in [0.3, 0.4) is 0 Å². The van der Waals surface area contributed by atoms with Gasteiger partial charge in [-0.2, -0.15) is 0 Å². The first-order valence-electron chi connectivity index (χ1n) is 9.33. The van der Waals surface area contributed by atoms with E-state index in [-0.39, 0.29) is 38.0 Å². The summed E-state index contributed by atoms with van der Waals surface area (Å²) in [7, 11) is -3.23. The average molecular weight is 412 g/mol. The maximum absolute atomic E-state index is 12.6. The first-order valence-corrected chi connectivity index (χ1v) is 11.1. The molecule has 0 aliphatic carbocycles. The van der Waals surface area contributed by atoms with Crippen molar-refractivity contribution in [2.45, 2.75) is 52.2 Å². The Morgan fingerprint density at radius 1 is 1.07 bits per heavy atom. The van der Waals surface area contributed by atoms with Gasteiger partial charge in [-0.3, -0.25) is 18.9 Å². The Balaban J connectivity index is 2.77. The molecular formula is C19H29N2O6P. The zero-order valence-electron chi connectivity index (χ0n) is 16.6. The van der Waals surface area contributed by atoms with Crippen molar-refractivity contribution in [3.8, 4) is 0 Å². The van der Waals surface area contributed by atoms with Crippen molar-refractivity contribution in [3.05, 3.63) is 35.4 Å². The van der Waals surface area contributed by atoms with Crippen LogP contribution in [-0.4, -0.2) is 36.9 Å². The zero-order valence-corrected chi connectivity index (χ0v) is 17.5. The predicted molar refractivity (Wildman–Crippen MR) is 106 cm³/mol. The summed E-state index contributed by atoms with van der Waals surface area (Å²) < 4.78 is 23.1. The number of nitrogens with one attached hydrogen (secondary N) is 1. The lowest BCUT2D eigenvalue weighted by molar-refractivity contribution is -0.121. The Morgan fingerprint density at radius 2 is 1.64 bits per heavy atom. The molecular weight excluding hydrogens is 383 g/mol. The zero-order chi connectivity index (χ0) is 21.2. The van der Waals surface area contributed by atoms with Gasteiger partial charge in [-0.15, -0.1) is 0 Å². The van der Waals surface area contributed by atoms with Crippen molar-refractivity contribution in [3.63, 3.8) is 0 Å². The number of nitrogens with two attached hydrogens (primary N) is 1. The Hall–Kier alpha value is -2.02. The molecule has 2 amide bonds. The van der Waals surface area contributed by atoms with E-state index in [9.17, 15) is 18.9 Å². The molecule has 0 spiro atoms. The van der Waals surface area contributed by atoms with Gasteiger partial charge in [0.25, 0.3) is 5.91 Å². The largest absolute Gasteiger partial charge is 0.368 e. The third kappa shape index (κ3) is 7.92. The molecule has 0 aliphatic heterocycles. The normalized spacial score (nSPS) is 12.4. The number of hydrogen-bond donors (Lipinski definition) is 2. The minimum atomic E-state index is -3.23. The molecule has 1 rings (SSSR count). The van der Waals surface area contributed by atoms with Crippen LogP contribution in [0, 0.1) is 0 Å². The molecule has 0 saturated carbocycles. The van der Waals surface area contributed by atoms with Crippen LogP contribution in [0.1, 0.15) is 56.0 Å². The quantitative estimate of drug-likeness (QED) is 0.480. The fourth-order valence-corrected chi connectivity index (χ4v) is 4.22. The number of hydrogen-bond acceptors (Lipinski definition) is 6. The molecule has 1 aromatic carbocycles. The number of rotatable bonds is 13. The van der Waals surface area contributed by atoms with Crippen LogP contribution >= 0.6 is 7.60 Å². The lowest BCUT2D eigenvalue weighted by atomic mass is 10.1. The smallest absolute Gasteiger partial charge is 0.335 e. The Kier molecular flexibility index (Phi) is 10.1. The summed E-state index contributed by atoms with van der Waals surface area (Å²) in [6.45, 7) is 5.75. The van der Waals surface area contributed by atoms with Crippen LogP contribution in [0.15, 0.2) is 24.3 Å². The van der Waals surface area contributed by atoms with Gasteiger partial charge in [-0.1, -0.05) is 19.1 Å². The highest BCUT2D eigenvalue weighted by Crippen LogP contribution is 2.51. The van der Waals surface area contributed by atoms with Crippen molar-refractivity contribution < 1.29 is 28.0 Å². The molecule has 0 saturated heterocycles. The second-order valence-electron chi connectivity index (χ2n) is 6.16. The fourth-order valence-electron chi connectivity index (χ4n) is 2.52. The highest BCUT2D eigenvalue weighted by Gasteiger charge is 2.24. The van der Waals surface area contributed by atoms with Gasteiger partial charge in [0.2, 0.25) is 5.91 Å². The Labute approximate surface area is 165 Å². The molecule has 0 bridgehead atoms. The maximum atomic E-state index is 12.6. The summed E-state index contributed by atoms with van der Waals surface area (Å²) >= 11 is 0. The summed E-state index contributed by atoms with van der Waals surface area (Å²) in [5, 5.41) is 2.55. The molecule has 9 heteroatoms. The second kappa shape index (κ2) is 11.7. The maximum Gasteiger partial charge on any atom is 0.335 e. The lowest BCUT2D eigenvalue weighted by Gasteiger charge is -2.17. The van der Waals surface area contributed by atoms with Crippen LogP contribution in [-0.2, 0) is 29.4 Å². The highest BCUT2D eigenvalue weighted by atomic mass is 31.2. The van der Waals surface area contributed by atoms with Gasteiger partial charge in [-0.25, -0.2) is 0 Å². The van der Waals surface area contributed by atoms with E-state index >= 15 is 0 Å². The van der Waals surface area contributed by atoms with Gasteiger partial charge in [0.15, 0.2) is 0 Å². The summed E-state index contributed by atoms with van der Waals surface area (Å²) in [6, 6.07) is 5.50. The number of Topliss-reactive ketones (excluding diaryl/α,β-unsaturated/α-hetero) is 1. The van der Waals surface area contributed by atoms with Crippen LogP contribution in [0.4, 0.5) is 0 Å². The third-order valence-corrected chi connectivity index (χ3v) is 6.05. The van der Waals surface area contributed by atoms with Gasteiger partial charge >= 0.3 is 7.60 Å². The Bertz CT molecular complexity index is 710. The fraction of sp³-hybridized carbons (Fsp3) is 0.526. The van der Waals surface area contributed by atoms with Gasteiger partial charge in [0.05, 0.1) is 19.4 Å². The molecule has 1 atom stereocenters. The van der Waals surface area contributed by atoms with E-state index in [2.05, 4.69) is 5.32 Å². The van der Waals surface area contributed by atoms with Crippen LogP contribution in [0.5, 0.6) is 0 Å². The highest BCUT2D eigenvalue weighted by molar-refractivity contribution is 7.53. The molecule has 0 aromatic heterocycles. The van der Waals surface area contributed by atoms with Crippen molar-refractivity contribution >= 4 is 25.2 Å². The third-order valence-electron chi connectivity index (χ3n) is 4.00. The number of benzene rings is 1. The van der Waals surface area contributed by atoms with Gasteiger partial charge in [-0.05, 0) is 38.0 Å². The molecule has 156 valence electrons. The number of carbonyl (C=O) groups excluding carboxylic acids is 3. The minimum Gasteiger partial charge on any atom is -0.368 e. The number of carbonyl (C=O) groups is 3. The van der Waals surface area contributed by atoms with Crippen molar-refractivity contribution in [2.24, 2.45) is 5.73 Å². The second-order valence-corrected chi connectivity index (χ2v) is 8.22. The molecule has 0 fully saturated rings. The number of primary amides is 1. The number of amides is 2. The molecule has 8 nitrogen and oxygen atoms in total. The SMILES string of the molecule is CCOP(=O)(Cc1ccc(C(=O)N[C@H](CCC(=O)CC)C(N)=O)cc1)OCC. The lowest BCUT2D eigenvalue weighted by Crippen LogP contribution is -2.44. The molecule has 0 radical (unpaired) electrons. The van der Waals surface area contributed by atoms with Gasteiger partial charge in [0, 0.05) is 18.4 Å². The van der Waals surface area contributed by atoms with Crippen molar-refractivity contribution in [1.82, 2.24) is 5.32 Å². The minimum absolute atomic E-state index is 0.00196. The summed E-state index contributed by atoms with van der Waals surface area (Å²) in [4.78, 5) is 35.3. The molecule has 3 N–H and O–H groups in total. The molecule has 0 heterocycles. The van der Waals surface area contributed by atoms with E-state index < -0.39 is 25.5 Å². The van der Waals surface area contributed by atoms with Gasteiger partial charge < -0.3 is 20.1 Å². The Morgan fingerprint density at radius 3 is 2.11 bits per heavy atom. The predicted octanol–water partition coefficient (Wildman–Crippen LogP) is 2.80. The van der Waals surface area contributed by atoms with Gasteiger partial charge in [0.1, 0.15) is 11.8 Å².